The highest BCUT2D eigenvalue weighted by Crippen LogP contribution is 2.36. The van der Waals surface area contributed by atoms with Crippen LogP contribution in [0.1, 0.15) is 27.7 Å². The van der Waals surface area contributed by atoms with E-state index < -0.39 is 0 Å². The summed E-state index contributed by atoms with van der Waals surface area (Å²) < 4.78 is 12.1. The highest BCUT2D eigenvalue weighted by molar-refractivity contribution is 6.62. The molecule has 0 spiro atoms. The molecule has 3 heterocycles. The van der Waals surface area contributed by atoms with Gasteiger partial charge in [0.2, 0.25) is 0 Å². The molecular formula is C16H27BClN3O2. The minimum absolute atomic E-state index is 0. The van der Waals surface area contributed by atoms with E-state index in [1.807, 2.05) is 6.20 Å². The zero-order valence-corrected chi connectivity index (χ0v) is 15.5. The number of aromatic nitrogens is 1. The van der Waals surface area contributed by atoms with Crippen LogP contribution < -0.4 is 10.4 Å². The van der Waals surface area contributed by atoms with Gasteiger partial charge in [0.25, 0.3) is 0 Å². The second kappa shape index (κ2) is 6.59. The summed E-state index contributed by atoms with van der Waals surface area (Å²) in [6.07, 6.45) is 1.88. The lowest BCUT2D eigenvalue weighted by molar-refractivity contribution is 0.00578. The third-order valence-corrected chi connectivity index (χ3v) is 5.12. The van der Waals surface area contributed by atoms with E-state index in [9.17, 15) is 0 Å². The number of anilines is 1. The van der Waals surface area contributed by atoms with Crippen molar-refractivity contribution in [3.63, 3.8) is 0 Å². The molecule has 0 N–H and O–H groups in total. The third kappa shape index (κ3) is 3.66. The van der Waals surface area contributed by atoms with Gasteiger partial charge in [-0.2, -0.15) is 0 Å². The SMILES string of the molecule is CN1CCN(c2ccc(B3OC(C)(C)C(C)(C)O3)cn2)CC1.Cl. The lowest BCUT2D eigenvalue weighted by Crippen LogP contribution is -2.45. The number of hydrogen-bond donors (Lipinski definition) is 0. The minimum Gasteiger partial charge on any atom is -0.399 e. The quantitative estimate of drug-likeness (QED) is 0.764. The van der Waals surface area contributed by atoms with Crippen molar-refractivity contribution in [1.29, 1.82) is 0 Å². The van der Waals surface area contributed by atoms with Crippen LogP contribution in [0.25, 0.3) is 0 Å². The normalized spacial score (nSPS) is 23.7. The second-order valence-electron chi connectivity index (χ2n) is 7.33. The lowest BCUT2D eigenvalue weighted by Gasteiger charge is -2.33. The van der Waals surface area contributed by atoms with Crippen LogP contribution in [0.3, 0.4) is 0 Å². The molecule has 5 nitrogen and oxygen atoms in total. The standard InChI is InChI=1S/C16H26BN3O2.ClH/c1-15(2)16(3,4)22-17(21-15)13-6-7-14(18-12-13)20-10-8-19(5)9-11-20;/h6-7,12H,8-11H2,1-5H3;1H. The molecule has 0 amide bonds. The van der Waals surface area contributed by atoms with Crippen molar-refractivity contribution in [2.24, 2.45) is 0 Å². The number of nitrogens with zero attached hydrogens (tertiary/aromatic N) is 3. The molecule has 2 fully saturated rings. The first-order valence-electron chi connectivity index (χ1n) is 8.04. The molecule has 0 radical (unpaired) electrons. The Bertz CT molecular complexity index is 515. The first-order valence-corrected chi connectivity index (χ1v) is 8.04. The van der Waals surface area contributed by atoms with Gasteiger partial charge >= 0.3 is 7.12 Å². The van der Waals surface area contributed by atoms with Crippen molar-refractivity contribution < 1.29 is 9.31 Å². The number of rotatable bonds is 2. The maximum Gasteiger partial charge on any atom is 0.496 e. The number of halogens is 1. The molecule has 23 heavy (non-hydrogen) atoms. The Hall–Kier alpha value is -0.815. The summed E-state index contributed by atoms with van der Waals surface area (Å²) in [4.78, 5) is 9.28. The average molecular weight is 340 g/mol. The summed E-state index contributed by atoms with van der Waals surface area (Å²) in [5.41, 5.74) is 0.359. The Morgan fingerprint density at radius 1 is 1.00 bits per heavy atom. The molecular weight excluding hydrogens is 312 g/mol. The zero-order chi connectivity index (χ0) is 16.0. The van der Waals surface area contributed by atoms with E-state index in [2.05, 4.69) is 61.7 Å². The molecule has 128 valence electrons. The van der Waals surface area contributed by atoms with E-state index >= 15 is 0 Å². The Morgan fingerprint density at radius 2 is 1.57 bits per heavy atom. The second-order valence-corrected chi connectivity index (χ2v) is 7.33. The van der Waals surface area contributed by atoms with E-state index in [1.165, 1.54) is 0 Å². The molecule has 2 aliphatic rings. The maximum absolute atomic E-state index is 6.07. The van der Waals surface area contributed by atoms with Gasteiger partial charge in [0.1, 0.15) is 5.82 Å². The minimum atomic E-state index is -0.334. The molecule has 0 atom stereocenters. The fraction of sp³-hybridized carbons (Fsp3) is 0.688. The van der Waals surface area contributed by atoms with Gasteiger partial charge in [0.15, 0.2) is 0 Å². The van der Waals surface area contributed by atoms with E-state index in [4.69, 9.17) is 9.31 Å². The Balaban J connectivity index is 0.00000192. The number of piperazine rings is 1. The highest BCUT2D eigenvalue weighted by Gasteiger charge is 2.51. The summed E-state index contributed by atoms with van der Waals surface area (Å²) in [5, 5.41) is 0. The average Bonchev–Trinajstić information content (AvgIpc) is 2.68. The molecule has 0 aliphatic carbocycles. The maximum atomic E-state index is 6.07. The highest BCUT2D eigenvalue weighted by atomic mass is 35.5. The third-order valence-electron chi connectivity index (χ3n) is 5.12. The van der Waals surface area contributed by atoms with E-state index in [1.54, 1.807) is 0 Å². The smallest absolute Gasteiger partial charge is 0.399 e. The van der Waals surface area contributed by atoms with Crippen LogP contribution in [0.2, 0.25) is 0 Å². The first kappa shape index (κ1) is 18.5. The Labute approximate surface area is 145 Å². The molecule has 2 saturated heterocycles. The van der Waals surface area contributed by atoms with Crippen molar-refractivity contribution in [3.8, 4) is 0 Å². The van der Waals surface area contributed by atoms with Gasteiger partial charge < -0.3 is 19.1 Å². The predicted molar refractivity (Wildman–Crippen MR) is 96.9 cm³/mol. The van der Waals surface area contributed by atoms with Gasteiger partial charge in [-0.1, -0.05) is 6.07 Å². The number of hydrogen-bond acceptors (Lipinski definition) is 5. The predicted octanol–water partition coefficient (Wildman–Crippen LogP) is 1.55. The molecule has 1 aromatic heterocycles. The van der Waals surface area contributed by atoms with Crippen LogP contribution in [-0.4, -0.2) is 61.4 Å². The molecule has 2 aliphatic heterocycles. The van der Waals surface area contributed by atoms with E-state index in [0.29, 0.717) is 0 Å². The van der Waals surface area contributed by atoms with E-state index in [0.717, 1.165) is 37.5 Å². The van der Waals surface area contributed by atoms with Crippen LogP contribution in [0.5, 0.6) is 0 Å². The molecule has 0 aromatic carbocycles. The number of pyridine rings is 1. The van der Waals surface area contributed by atoms with Crippen LogP contribution in [-0.2, 0) is 9.31 Å². The van der Waals surface area contributed by atoms with Gasteiger partial charge in [-0.05, 0) is 40.8 Å². The van der Waals surface area contributed by atoms with Crippen molar-refractivity contribution in [2.75, 3.05) is 38.1 Å². The molecule has 0 unspecified atom stereocenters. The summed E-state index contributed by atoms with van der Waals surface area (Å²) >= 11 is 0. The monoisotopic (exact) mass is 339 g/mol. The molecule has 0 saturated carbocycles. The van der Waals surface area contributed by atoms with Crippen LogP contribution >= 0.6 is 12.4 Å². The zero-order valence-electron chi connectivity index (χ0n) is 14.7. The number of likely N-dealkylation sites (N-methyl/N-ethyl adjacent to an activating group) is 1. The van der Waals surface area contributed by atoms with Gasteiger partial charge in [-0.25, -0.2) is 4.98 Å². The van der Waals surface area contributed by atoms with Gasteiger partial charge in [0, 0.05) is 37.8 Å². The van der Waals surface area contributed by atoms with Crippen molar-refractivity contribution in [1.82, 2.24) is 9.88 Å². The Morgan fingerprint density at radius 3 is 2.04 bits per heavy atom. The van der Waals surface area contributed by atoms with Gasteiger partial charge in [-0.3, -0.25) is 0 Å². The van der Waals surface area contributed by atoms with Gasteiger partial charge in [-0.15, -0.1) is 12.4 Å². The van der Waals surface area contributed by atoms with Crippen molar-refractivity contribution in [2.45, 2.75) is 38.9 Å². The fourth-order valence-corrected chi connectivity index (χ4v) is 2.74. The summed E-state index contributed by atoms with van der Waals surface area (Å²) in [6, 6.07) is 4.15. The van der Waals surface area contributed by atoms with Gasteiger partial charge in [0.05, 0.1) is 11.2 Å². The van der Waals surface area contributed by atoms with Crippen molar-refractivity contribution in [3.05, 3.63) is 18.3 Å². The Kier molecular flexibility index (Phi) is 5.31. The molecule has 7 heteroatoms. The van der Waals surface area contributed by atoms with Crippen LogP contribution in [0.15, 0.2) is 18.3 Å². The molecule has 0 bridgehead atoms. The first-order chi connectivity index (χ1) is 10.3. The van der Waals surface area contributed by atoms with E-state index in [-0.39, 0.29) is 30.7 Å². The summed E-state index contributed by atoms with van der Waals surface area (Å²) in [7, 11) is 1.82. The topological polar surface area (TPSA) is 37.8 Å². The molecule has 1 aromatic rings. The summed E-state index contributed by atoms with van der Waals surface area (Å²) in [6.45, 7) is 12.5. The molecule has 3 rings (SSSR count). The summed E-state index contributed by atoms with van der Waals surface area (Å²) in [5.74, 6) is 1.04. The largest absolute Gasteiger partial charge is 0.496 e. The fourth-order valence-electron chi connectivity index (χ4n) is 2.74. The van der Waals surface area contributed by atoms with Crippen molar-refractivity contribution >= 4 is 30.8 Å². The lowest BCUT2D eigenvalue weighted by atomic mass is 9.80. The van der Waals surface area contributed by atoms with Crippen LogP contribution in [0.4, 0.5) is 5.82 Å². The van der Waals surface area contributed by atoms with Crippen LogP contribution in [0, 0.1) is 0 Å².